The van der Waals surface area contributed by atoms with Crippen LogP contribution in [0.3, 0.4) is 0 Å². The van der Waals surface area contributed by atoms with Crippen LogP contribution in [0.2, 0.25) is 0 Å². The van der Waals surface area contributed by atoms with E-state index in [0.717, 1.165) is 43.6 Å². The van der Waals surface area contributed by atoms with Crippen molar-refractivity contribution in [2.75, 3.05) is 46.1 Å². The summed E-state index contributed by atoms with van der Waals surface area (Å²) in [5.41, 5.74) is 1.20. The molecule has 0 fully saturated rings. The Hall–Kier alpha value is -1.95. The second-order valence-corrected chi connectivity index (χ2v) is 5.28. The summed E-state index contributed by atoms with van der Waals surface area (Å²) in [4.78, 5) is 4.49. The van der Waals surface area contributed by atoms with Crippen molar-refractivity contribution >= 4 is 5.96 Å². The molecule has 1 aromatic carbocycles. The first-order valence-electron chi connectivity index (χ1n) is 9.23. The van der Waals surface area contributed by atoms with Crippen LogP contribution in [-0.2, 0) is 11.2 Å². The second kappa shape index (κ2) is 13.4. The molecule has 0 heterocycles. The molecule has 142 valence electrons. The van der Waals surface area contributed by atoms with Crippen LogP contribution >= 0.6 is 0 Å². The molecular formula is C19H33N3O3. The van der Waals surface area contributed by atoms with Gasteiger partial charge in [-0.25, -0.2) is 0 Å². The molecule has 25 heavy (non-hydrogen) atoms. The number of benzene rings is 1. The Bertz CT molecular complexity index is 507. The van der Waals surface area contributed by atoms with Gasteiger partial charge in [0.15, 0.2) is 17.5 Å². The minimum absolute atomic E-state index is 0.624. The summed E-state index contributed by atoms with van der Waals surface area (Å²) in [6.45, 7) is 12.9. The van der Waals surface area contributed by atoms with Gasteiger partial charge >= 0.3 is 0 Å². The van der Waals surface area contributed by atoms with Gasteiger partial charge in [-0.2, -0.15) is 0 Å². The lowest BCUT2D eigenvalue weighted by Crippen LogP contribution is -2.38. The van der Waals surface area contributed by atoms with Crippen molar-refractivity contribution in [3.63, 3.8) is 0 Å². The van der Waals surface area contributed by atoms with E-state index in [-0.39, 0.29) is 0 Å². The van der Waals surface area contributed by atoms with E-state index in [1.54, 1.807) is 0 Å². The van der Waals surface area contributed by atoms with Crippen LogP contribution < -0.4 is 20.1 Å². The molecule has 0 spiro atoms. The van der Waals surface area contributed by atoms with E-state index in [2.05, 4.69) is 34.7 Å². The Morgan fingerprint density at radius 1 is 0.960 bits per heavy atom. The molecule has 0 aliphatic heterocycles. The van der Waals surface area contributed by atoms with E-state index in [0.29, 0.717) is 26.4 Å². The maximum Gasteiger partial charge on any atom is 0.191 e. The number of guanidine groups is 1. The molecule has 0 bridgehead atoms. The molecule has 2 N–H and O–H groups in total. The summed E-state index contributed by atoms with van der Waals surface area (Å²) in [6.07, 6.45) is 0.877. The van der Waals surface area contributed by atoms with Crippen molar-refractivity contribution < 1.29 is 14.2 Å². The summed E-state index contributed by atoms with van der Waals surface area (Å²) < 4.78 is 16.6. The zero-order valence-electron chi connectivity index (χ0n) is 16.1. The molecule has 0 aliphatic carbocycles. The summed E-state index contributed by atoms with van der Waals surface area (Å²) in [5, 5.41) is 6.59. The van der Waals surface area contributed by atoms with Gasteiger partial charge in [-0.3, -0.25) is 4.99 Å². The van der Waals surface area contributed by atoms with Gasteiger partial charge in [0.05, 0.1) is 26.4 Å². The van der Waals surface area contributed by atoms with Crippen LogP contribution in [0.5, 0.6) is 11.5 Å². The smallest absolute Gasteiger partial charge is 0.191 e. The fourth-order valence-electron chi connectivity index (χ4n) is 2.28. The lowest BCUT2D eigenvalue weighted by molar-refractivity contribution is 0.155. The Labute approximate surface area is 152 Å². The number of aliphatic imine (C=N–C) groups is 1. The fraction of sp³-hybridized carbons (Fsp3) is 0.632. The topological polar surface area (TPSA) is 64.1 Å². The maximum absolute atomic E-state index is 5.68. The molecule has 0 aromatic heterocycles. The molecular weight excluding hydrogens is 318 g/mol. The summed E-state index contributed by atoms with van der Waals surface area (Å²) >= 11 is 0. The molecule has 0 unspecified atom stereocenters. The molecule has 6 nitrogen and oxygen atoms in total. The molecule has 1 rings (SSSR count). The van der Waals surface area contributed by atoms with E-state index in [1.165, 1.54) is 5.56 Å². The van der Waals surface area contributed by atoms with Gasteiger partial charge in [0.1, 0.15) is 0 Å². The first kappa shape index (κ1) is 21.1. The second-order valence-electron chi connectivity index (χ2n) is 5.28. The third-order valence-electron chi connectivity index (χ3n) is 3.37. The van der Waals surface area contributed by atoms with Crippen LogP contribution in [0.4, 0.5) is 0 Å². The summed E-state index contributed by atoms with van der Waals surface area (Å²) in [7, 11) is 0. The molecule has 0 saturated heterocycles. The Morgan fingerprint density at radius 3 is 2.40 bits per heavy atom. The van der Waals surface area contributed by atoms with Crippen molar-refractivity contribution in [2.45, 2.75) is 34.1 Å². The van der Waals surface area contributed by atoms with Gasteiger partial charge in [-0.1, -0.05) is 6.07 Å². The monoisotopic (exact) mass is 351 g/mol. The first-order chi connectivity index (χ1) is 12.2. The van der Waals surface area contributed by atoms with Crippen molar-refractivity contribution in [2.24, 2.45) is 4.99 Å². The minimum atomic E-state index is 0.624. The van der Waals surface area contributed by atoms with Gasteiger partial charge in [0.25, 0.3) is 0 Å². The average molecular weight is 351 g/mol. The van der Waals surface area contributed by atoms with Crippen molar-refractivity contribution in [3.8, 4) is 11.5 Å². The van der Waals surface area contributed by atoms with Gasteiger partial charge in [-0.05, 0) is 51.8 Å². The number of hydrogen-bond donors (Lipinski definition) is 2. The average Bonchev–Trinajstić information content (AvgIpc) is 2.61. The molecule has 0 amide bonds. The van der Waals surface area contributed by atoms with Crippen LogP contribution in [0.25, 0.3) is 0 Å². The Kier molecular flexibility index (Phi) is 11.3. The summed E-state index contributed by atoms with van der Waals surface area (Å²) in [6, 6.07) is 6.11. The number of hydrogen-bond acceptors (Lipinski definition) is 4. The molecule has 1 aromatic rings. The highest BCUT2D eigenvalue weighted by molar-refractivity contribution is 5.79. The predicted octanol–water partition coefficient (Wildman–Crippen LogP) is 2.62. The zero-order valence-corrected chi connectivity index (χ0v) is 16.1. The first-order valence-corrected chi connectivity index (χ1v) is 9.23. The number of rotatable bonds is 12. The molecule has 0 aliphatic rings. The van der Waals surface area contributed by atoms with Crippen molar-refractivity contribution in [1.82, 2.24) is 10.6 Å². The van der Waals surface area contributed by atoms with E-state index < -0.39 is 0 Å². The highest BCUT2D eigenvalue weighted by atomic mass is 16.5. The fourth-order valence-corrected chi connectivity index (χ4v) is 2.28. The van der Waals surface area contributed by atoms with E-state index >= 15 is 0 Å². The number of nitrogens with zero attached hydrogens (tertiary/aromatic N) is 1. The van der Waals surface area contributed by atoms with Gasteiger partial charge < -0.3 is 24.8 Å². The standard InChI is InChI=1S/C19H33N3O3/c1-5-20-19(22-13-14-23-6-2)21-12-11-16-9-10-17(24-7-3)18(15-16)25-8-4/h9-10,15H,5-8,11-14H2,1-4H3,(H2,20,21,22). The van der Waals surface area contributed by atoms with Crippen LogP contribution in [0.1, 0.15) is 33.3 Å². The predicted molar refractivity (Wildman–Crippen MR) is 103 cm³/mol. The zero-order chi connectivity index (χ0) is 18.3. The summed E-state index contributed by atoms with van der Waals surface area (Å²) in [5.74, 6) is 2.42. The van der Waals surface area contributed by atoms with Crippen LogP contribution in [0.15, 0.2) is 23.2 Å². The van der Waals surface area contributed by atoms with Gasteiger partial charge in [-0.15, -0.1) is 0 Å². The maximum atomic E-state index is 5.68. The van der Waals surface area contributed by atoms with E-state index in [4.69, 9.17) is 14.2 Å². The molecule has 0 saturated carbocycles. The number of nitrogens with one attached hydrogen (secondary N) is 2. The van der Waals surface area contributed by atoms with Crippen LogP contribution in [0, 0.1) is 0 Å². The Morgan fingerprint density at radius 2 is 1.72 bits per heavy atom. The van der Waals surface area contributed by atoms with E-state index in [9.17, 15) is 0 Å². The largest absolute Gasteiger partial charge is 0.490 e. The quantitative estimate of drug-likeness (QED) is 0.344. The van der Waals surface area contributed by atoms with Gasteiger partial charge in [0.2, 0.25) is 0 Å². The molecule has 6 heteroatoms. The highest BCUT2D eigenvalue weighted by Gasteiger charge is 2.06. The third-order valence-corrected chi connectivity index (χ3v) is 3.37. The van der Waals surface area contributed by atoms with Gasteiger partial charge in [0, 0.05) is 19.7 Å². The molecule has 0 atom stereocenters. The number of ether oxygens (including phenoxy) is 3. The van der Waals surface area contributed by atoms with Crippen molar-refractivity contribution in [1.29, 1.82) is 0 Å². The minimum Gasteiger partial charge on any atom is -0.490 e. The molecule has 0 radical (unpaired) electrons. The lowest BCUT2D eigenvalue weighted by atomic mass is 10.1. The highest BCUT2D eigenvalue weighted by Crippen LogP contribution is 2.28. The normalized spacial score (nSPS) is 11.3. The Balaban J connectivity index is 2.55. The third kappa shape index (κ3) is 8.63. The van der Waals surface area contributed by atoms with Crippen molar-refractivity contribution in [3.05, 3.63) is 23.8 Å². The SMILES string of the molecule is CCNC(=NCCOCC)NCCc1ccc(OCC)c(OCC)c1. The lowest BCUT2D eigenvalue weighted by Gasteiger charge is -2.14. The van der Waals surface area contributed by atoms with E-state index in [1.807, 2.05) is 26.8 Å². The van der Waals surface area contributed by atoms with Crippen LogP contribution in [-0.4, -0.2) is 52.0 Å².